The lowest BCUT2D eigenvalue weighted by Crippen LogP contribution is -2.14. The zero-order chi connectivity index (χ0) is 17.5. The number of allylic oxidation sites excluding steroid dienone is 2. The summed E-state index contributed by atoms with van der Waals surface area (Å²) < 4.78 is 26.4. The summed E-state index contributed by atoms with van der Waals surface area (Å²) >= 11 is 6.02. The molecule has 120 valence electrons. The van der Waals surface area contributed by atoms with Gasteiger partial charge in [-0.05, 0) is 29.8 Å². The largest absolute Gasteiger partial charge is 0.319 e. The van der Waals surface area contributed by atoms with Gasteiger partial charge in [-0.3, -0.25) is 4.79 Å². The normalized spacial score (nSPS) is 11.8. The number of nitrogens with one attached hydrogen (secondary N) is 1. The van der Waals surface area contributed by atoms with Crippen molar-refractivity contribution in [2.75, 3.05) is 5.32 Å². The van der Waals surface area contributed by atoms with Crippen LogP contribution >= 0.6 is 11.6 Å². The van der Waals surface area contributed by atoms with Crippen LogP contribution < -0.4 is 5.32 Å². The smallest absolute Gasteiger partial charge is 0.266 e. The third-order valence-corrected chi connectivity index (χ3v) is 3.15. The zero-order valence-corrected chi connectivity index (χ0v) is 13.0. The first-order valence-corrected chi connectivity index (χ1v) is 7.18. The molecule has 0 unspecified atom stereocenters. The molecule has 0 bridgehead atoms. The summed E-state index contributed by atoms with van der Waals surface area (Å²) in [6.45, 7) is 0. The number of nitriles is 1. The highest BCUT2D eigenvalue weighted by atomic mass is 35.5. The first-order chi connectivity index (χ1) is 11.5. The Balaban J connectivity index is 2.19. The van der Waals surface area contributed by atoms with E-state index in [-0.39, 0.29) is 16.3 Å². The summed E-state index contributed by atoms with van der Waals surface area (Å²) in [6, 6.07) is 13.5. The molecule has 0 heterocycles. The molecule has 0 fully saturated rings. The number of benzene rings is 2. The van der Waals surface area contributed by atoms with Gasteiger partial charge in [0.05, 0.1) is 5.69 Å². The summed E-state index contributed by atoms with van der Waals surface area (Å²) in [5, 5.41) is 11.4. The minimum atomic E-state index is -0.938. The second kappa shape index (κ2) is 8.04. The van der Waals surface area contributed by atoms with Crippen molar-refractivity contribution in [1.82, 2.24) is 0 Å². The van der Waals surface area contributed by atoms with Gasteiger partial charge in [-0.15, -0.1) is 0 Å². The van der Waals surface area contributed by atoms with Crippen LogP contribution in [0.15, 0.2) is 65.2 Å². The van der Waals surface area contributed by atoms with Crippen LogP contribution in [-0.4, -0.2) is 5.91 Å². The van der Waals surface area contributed by atoms with Gasteiger partial charge < -0.3 is 5.32 Å². The SMILES string of the molecule is N#C/C(=C\C(Cl)=C\c1ccccc1)C(=O)Nc1ccc(F)cc1F. The fourth-order valence-corrected chi connectivity index (χ4v) is 2.05. The molecule has 2 aromatic carbocycles. The van der Waals surface area contributed by atoms with E-state index in [1.807, 2.05) is 18.2 Å². The van der Waals surface area contributed by atoms with E-state index in [0.29, 0.717) is 6.07 Å². The number of rotatable bonds is 4. The summed E-state index contributed by atoms with van der Waals surface area (Å²) in [6.07, 6.45) is 2.75. The van der Waals surface area contributed by atoms with E-state index in [1.54, 1.807) is 24.3 Å². The van der Waals surface area contributed by atoms with E-state index in [4.69, 9.17) is 16.9 Å². The summed E-state index contributed by atoms with van der Waals surface area (Å²) in [4.78, 5) is 12.0. The Morgan fingerprint density at radius 3 is 2.50 bits per heavy atom. The Kier molecular flexibility index (Phi) is 5.83. The molecule has 3 nitrogen and oxygen atoms in total. The number of carbonyl (C=O) groups is 1. The van der Waals surface area contributed by atoms with E-state index in [1.165, 1.54) is 6.08 Å². The molecule has 1 N–H and O–H groups in total. The standard InChI is InChI=1S/C18H11ClF2N2O/c19-14(8-12-4-2-1-3-5-12)9-13(11-22)18(24)23-17-7-6-15(20)10-16(17)21/h1-10H,(H,23,24)/b13-9+,14-8-. The number of carbonyl (C=O) groups excluding carboxylic acids is 1. The maximum absolute atomic E-state index is 13.5. The Hall–Kier alpha value is -2.97. The van der Waals surface area contributed by atoms with Crippen molar-refractivity contribution in [3.8, 4) is 6.07 Å². The van der Waals surface area contributed by atoms with Crippen LogP contribution in [0.2, 0.25) is 0 Å². The van der Waals surface area contributed by atoms with Crippen LogP contribution in [0.4, 0.5) is 14.5 Å². The molecule has 2 rings (SSSR count). The maximum atomic E-state index is 13.5. The quantitative estimate of drug-likeness (QED) is 0.499. The van der Waals surface area contributed by atoms with Gasteiger partial charge >= 0.3 is 0 Å². The molecule has 0 spiro atoms. The fraction of sp³-hybridized carbons (Fsp3) is 0. The molecule has 0 saturated heterocycles. The van der Waals surface area contributed by atoms with E-state index < -0.39 is 17.5 Å². The molecule has 6 heteroatoms. The van der Waals surface area contributed by atoms with Gasteiger partial charge in [-0.2, -0.15) is 5.26 Å². The predicted octanol–water partition coefficient (Wildman–Crippen LogP) is 4.63. The minimum absolute atomic E-state index is 0.160. The molecule has 0 aliphatic heterocycles. The zero-order valence-electron chi connectivity index (χ0n) is 12.3. The number of hydrogen-bond acceptors (Lipinski definition) is 2. The third kappa shape index (κ3) is 4.77. The van der Waals surface area contributed by atoms with Crippen LogP contribution in [0.1, 0.15) is 5.56 Å². The molecule has 2 aromatic rings. The van der Waals surface area contributed by atoms with Crippen LogP contribution in [0.3, 0.4) is 0 Å². The molecular formula is C18H11ClF2N2O. The Bertz CT molecular complexity index is 855. The molecule has 0 saturated carbocycles. The Morgan fingerprint density at radius 2 is 1.88 bits per heavy atom. The van der Waals surface area contributed by atoms with Crippen LogP contribution in [0.5, 0.6) is 0 Å². The lowest BCUT2D eigenvalue weighted by atomic mass is 10.2. The van der Waals surface area contributed by atoms with E-state index in [2.05, 4.69) is 5.32 Å². The highest BCUT2D eigenvalue weighted by Crippen LogP contribution is 2.17. The van der Waals surface area contributed by atoms with Gasteiger partial charge in [0.2, 0.25) is 0 Å². The van der Waals surface area contributed by atoms with Crippen molar-refractivity contribution in [1.29, 1.82) is 5.26 Å². The van der Waals surface area contributed by atoms with Gasteiger partial charge in [0.25, 0.3) is 5.91 Å². The molecule has 0 aromatic heterocycles. The topological polar surface area (TPSA) is 52.9 Å². The fourth-order valence-electron chi connectivity index (χ4n) is 1.82. The van der Waals surface area contributed by atoms with Gasteiger partial charge in [-0.1, -0.05) is 41.9 Å². The van der Waals surface area contributed by atoms with E-state index >= 15 is 0 Å². The minimum Gasteiger partial charge on any atom is -0.319 e. The van der Waals surface area contributed by atoms with Gasteiger partial charge in [0, 0.05) is 11.1 Å². The molecule has 0 aliphatic carbocycles. The van der Waals surface area contributed by atoms with Gasteiger partial charge in [0.15, 0.2) is 0 Å². The van der Waals surface area contributed by atoms with Gasteiger partial charge in [0.1, 0.15) is 23.3 Å². The van der Waals surface area contributed by atoms with Crippen molar-refractivity contribution >= 4 is 29.3 Å². The highest BCUT2D eigenvalue weighted by molar-refractivity contribution is 6.33. The second-order valence-electron chi connectivity index (χ2n) is 4.69. The molecule has 1 amide bonds. The first kappa shape index (κ1) is 17.4. The number of halogens is 3. The molecule has 0 aliphatic rings. The molecule has 0 atom stereocenters. The first-order valence-electron chi connectivity index (χ1n) is 6.80. The summed E-state index contributed by atoms with van der Waals surface area (Å²) in [5.74, 6) is -2.55. The van der Waals surface area contributed by atoms with E-state index in [9.17, 15) is 13.6 Å². The van der Waals surface area contributed by atoms with E-state index in [0.717, 1.165) is 17.7 Å². The number of hydrogen-bond donors (Lipinski definition) is 1. The average molecular weight is 345 g/mol. The van der Waals surface area contributed by atoms with Crippen molar-refractivity contribution in [3.63, 3.8) is 0 Å². The van der Waals surface area contributed by atoms with Crippen LogP contribution in [0.25, 0.3) is 6.08 Å². The average Bonchev–Trinajstić information content (AvgIpc) is 2.56. The summed E-state index contributed by atoms with van der Waals surface area (Å²) in [5.41, 5.74) is 0.252. The number of anilines is 1. The molecular weight excluding hydrogens is 334 g/mol. The molecule has 24 heavy (non-hydrogen) atoms. The van der Waals surface area contributed by atoms with Crippen LogP contribution in [0, 0.1) is 23.0 Å². The third-order valence-electron chi connectivity index (χ3n) is 2.93. The second-order valence-corrected chi connectivity index (χ2v) is 5.12. The lowest BCUT2D eigenvalue weighted by molar-refractivity contribution is -0.112. The van der Waals surface area contributed by atoms with Crippen LogP contribution in [-0.2, 0) is 4.79 Å². The monoisotopic (exact) mass is 344 g/mol. The molecule has 0 radical (unpaired) electrons. The highest BCUT2D eigenvalue weighted by Gasteiger charge is 2.12. The maximum Gasteiger partial charge on any atom is 0.266 e. The number of nitrogens with zero attached hydrogens (tertiary/aromatic N) is 1. The van der Waals surface area contributed by atoms with Gasteiger partial charge in [-0.25, -0.2) is 8.78 Å². The summed E-state index contributed by atoms with van der Waals surface area (Å²) in [7, 11) is 0. The Labute approximate surface area is 142 Å². The van der Waals surface area contributed by atoms with Crippen molar-refractivity contribution in [2.45, 2.75) is 0 Å². The lowest BCUT2D eigenvalue weighted by Gasteiger charge is -2.05. The number of amides is 1. The van der Waals surface area contributed by atoms with Crippen molar-refractivity contribution < 1.29 is 13.6 Å². The van der Waals surface area contributed by atoms with Crippen molar-refractivity contribution in [3.05, 3.63) is 82.4 Å². The predicted molar refractivity (Wildman–Crippen MR) is 89.0 cm³/mol. The van der Waals surface area contributed by atoms with Crippen molar-refractivity contribution in [2.24, 2.45) is 0 Å². The Morgan fingerprint density at radius 1 is 1.17 bits per heavy atom.